The molecule has 0 atom stereocenters. The largest absolute Gasteiger partial charge is 0.271 e. The maximum absolute atomic E-state index is 14.5. The normalized spacial score (nSPS) is 11.5. The molecule has 0 bridgehead atoms. The van der Waals surface area contributed by atoms with Crippen LogP contribution in [0.5, 0.6) is 0 Å². The quantitative estimate of drug-likeness (QED) is 0.379. The third-order valence-electron chi connectivity index (χ3n) is 4.36. The van der Waals surface area contributed by atoms with Crippen molar-refractivity contribution >= 4 is 51.0 Å². The minimum Gasteiger partial charge on any atom is -0.271 e. The van der Waals surface area contributed by atoms with Gasteiger partial charge in [0.2, 0.25) is 0 Å². The van der Waals surface area contributed by atoms with Crippen molar-refractivity contribution < 1.29 is 17.6 Å². The first-order chi connectivity index (χ1) is 15.2. The Morgan fingerprint density at radius 3 is 2.41 bits per heavy atom. The zero-order chi connectivity index (χ0) is 23.3. The van der Waals surface area contributed by atoms with E-state index in [0.29, 0.717) is 19.9 Å². The van der Waals surface area contributed by atoms with Crippen molar-refractivity contribution in [2.24, 2.45) is 5.10 Å². The van der Waals surface area contributed by atoms with Gasteiger partial charge in [0, 0.05) is 0 Å². The highest BCUT2D eigenvalue weighted by atomic mass is 35.5. The predicted octanol–water partition coefficient (Wildman–Crippen LogP) is 4.79. The van der Waals surface area contributed by atoms with E-state index >= 15 is 0 Å². The van der Waals surface area contributed by atoms with Crippen LogP contribution >= 0.6 is 23.2 Å². The fourth-order valence-corrected chi connectivity index (χ4v) is 4.46. The summed E-state index contributed by atoms with van der Waals surface area (Å²) in [5, 5.41) is 4.49. The first-order valence-corrected chi connectivity index (χ1v) is 11.5. The van der Waals surface area contributed by atoms with Gasteiger partial charge in [-0.15, -0.1) is 0 Å². The molecule has 0 heterocycles. The number of benzene rings is 3. The van der Waals surface area contributed by atoms with Crippen LogP contribution in [-0.2, 0) is 14.8 Å². The van der Waals surface area contributed by atoms with Gasteiger partial charge in [-0.2, -0.15) is 5.10 Å². The molecule has 10 heteroatoms. The Morgan fingerprint density at radius 1 is 1.06 bits per heavy atom. The summed E-state index contributed by atoms with van der Waals surface area (Å²) in [6.07, 6.45) is 1.32. The Hall–Kier alpha value is -2.94. The second kappa shape index (κ2) is 10.1. The highest BCUT2D eigenvalue weighted by Crippen LogP contribution is 2.26. The average molecular weight is 494 g/mol. The molecule has 1 N–H and O–H groups in total. The average Bonchev–Trinajstić information content (AvgIpc) is 2.75. The van der Waals surface area contributed by atoms with E-state index in [1.807, 2.05) is 6.92 Å². The van der Waals surface area contributed by atoms with Crippen LogP contribution in [0.4, 0.5) is 10.1 Å². The van der Waals surface area contributed by atoms with Crippen LogP contribution in [0.1, 0.15) is 11.1 Å². The fourth-order valence-electron chi connectivity index (χ4n) is 2.73. The van der Waals surface area contributed by atoms with Crippen LogP contribution in [0.3, 0.4) is 0 Å². The molecule has 1 amide bonds. The van der Waals surface area contributed by atoms with Crippen molar-refractivity contribution in [3.8, 4) is 0 Å². The second-order valence-electron chi connectivity index (χ2n) is 6.74. The van der Waals surface area contributed by atoms with E-state index in [0.717, 1.165) is 11.6 Å². The van der Waals surface area contributed by atoms with Gasteiger partial charge in [-0.1, -0.05) is 59.1 Å². The molecule has 0 aliphatic heterocycles. The molecule has 32 heavy (non-hydrogen) atoms. The predicted molar refractivity (Wildman–Crippen MR) is 124 cm³/mol. The Kier molecular flexibility index (Phi) is 7.50. The number of rotatable bonds is 7. The van der Waals surface area contributed by atoms with Crippen molar-refractivity contribution in [2.45, 2.75) is 11.8 Å². The molecule has 3 aromatic rings. The maximum Gasteiger partial charge on any atom is 0.264 e. The lowest BCUT2D eigenvalue weighted by Crippen LogP contribution is -2.40. The van der Waals surface area contributed by atoms with Crippen LogP contribution in [0.15, 0.2) is 76.7 Å². The van der Waals surface area contributed by atoms with Crippen molar-refractivity contribution in [1.29, 1.82) is 0 Å². The number of hydrogen-bond acceptors (Lipinski definition) is 4. The Bertz CT molecular complexity index is 1270. The van der Waals surface area contributed by atoms with Crippen LogP contribution < -0.4 is 9.73 Å². The molecule has 0 aliphatic rings. The molecule has 166 valence electrons. The van der Waals surface area contributed by atoms with Gasteiger partial charge in [0.25, 0.3) is 15.9 Å². The number of hydrazone groups is 1. The van der Waals surface area contributed by atoms with Crippen LogP contribution in [-0.4, -0.2) is 27.1 Å². The standard InChI is InChI=1S/C22H18Cl2FN3O3S/c1-15-6-9-17(10-7-15)32(30,31)28(21-5-3-2-4-20(21)25)14-22(29)27-26-13-16-8-11-18(23)19(24)12-16/h2-13H,14H2,1H3,(H,27,29)/b26-13-. The monoisotopic (exact) mass is 493 g/mol. The molecule has 0 aromatic heterocycles. The molecule has 6 nitrogen and oxygen atoms in total. The molecule has 0 spiro atoms. The minimum atomic E-state index is -4.23. The third-order valence-corrected chi connectivity index (χ3v) is 6.88. The molecule has 3 rings (SSSR count). The molecule has 0 radical (unpaired) electrons. The number of aryl methyl sites for hydroxylation is 1. The van der Waals surface area contributed by atoms with Crippen molar-refractivity contribution in [3.63, 3.8) is 0 Å². The van der Waals surface area contributed by atoms with E-state index in [4.69, 9.17) is 23.2 Å². The van der Waals surface area contributed by atoms with Crippen molar-refractivity contribution in [2.75, 3.05) is 10.8 Å². The molecule has 0 fully saturated rings. The summed E-state index contributed by atoms with van der Waals surface area (Å²) < 4.78 is 41.6. The summed E-state index contributed by atoms with van der Waals surface area (Å²) in [7, 11) is -4.23. The number of carbonyl (C=O) groups is 1. The van der Waals surface area contributed by atoms with E-state index in [-0.39, 0.29) is 10.6 Å². The summed E-state index contributed by atoms with van der Waals surface area (Å²) in [5.41, 5.74) is 3.42. The van der Waals surface area contributed by atoms with E-state index in [1.165, 1.54) is 36.5 Å². The summed E-state index contributed by atoms with van der Waals surface area (Å²) in [6, 6.07) is 16.1. The second-order valence-corrected chi connectivity index (χ2v) is 9.42. The van der Waals surface area contributed by atoms with Gasteiger partial charge in [0.05, 0.1) is 26.8 Å². The van der Waals surface area contributed by atoms with E-state index in [2.05, 4.69) is 10.5 Å². The Morgan fingerprint density at radius 2 is 1.75 bits per heavy atom. The first kappa shape index (κ1) is 23.7. The Labute approximate surface area is 195 Å². The third kappa shape index (κ3) is 5.64. The number of para-hydroxylation sites is 1. The van der Waals surface area contributed by atoms with Gasteiger partial charge in [0.15, 0.2) is 0 Å². The maximum atomic E-state index is 14.5. The number of anilines is 1. The molecule has 0 saturated carbocycles. The highest BCUT2D eigenvalue weighted by molar-refractivity contribution is 7.92. The van der Waals surface area contributed by atoms with E-state index in [1.54, 1.807) is 30.3 Å². The summed E-state index contributed by atoms with van der Waals surface area (Å²) in [4.78, 5) is 12.4. The number of halogens is 3. The number of nitrogens with one attached hydrogen (secondary N) is 1. The van der Waals surface area contributed by atoms with Gasteiger partial charge in [-0.05, 0) is 48.9 Å². The lowest BCUT2D eigenvalue weighted by molar-refractivity contribution is -0.119. The molecular formula is C22H18Cl2FN3O3S. The topological polar surface area (TPSA) is 78.8 Å². The SMILES string of the molecule is Cc1ccc(S(=O)(=O)N(CC(=O)N/N=C\c2ccc(Cl)c(Cl)c2)c2ccccc2F)cc1. The van der Waals surface area contributed by atoms with Gasteiger partial charge >= 0.3 is 0 Å². The molecular weight excluding hydrogens is 476 g/mol. The van der Waals surface area contributed by atoms with Gasteiger partial charge in [0.1, 0.15) is 12.4 Å². The smallest absolute Gasteiger partial charge is 0.264 e. The lowest BCUT2D eigenvalue weighted by atomic mass is 10.2. The van der Waals surface area contributed by atoms with Crippen LogP contribution in [0, 0.1) is 12.7 Å². The summed E-state index contributed by atoms with van der Waals surface area (Å²) in [6.45, 7) is 1.13. The van der Waals surface area contributed by atoms with Gasteiger partial charge in [-0.25, -0.2) is 18.2 Å². The molecule has 0 saturated heterocycles. The summed E-state index contributed by atoms with van der Waals surface area (Å²) >= 11 is 11.8. The zero-order valence-corrected chi connectivity index (χ0v) is 19.1. The minimum absolute atomic E-state index is 0.0709. The first-order valence-electron chi connectivity index (χ1n) is 9.29. The van der Waals surface area contributed by atoms with Gasteiger partial charge < -0.3 is 0 Å². The zero-order valence-electron chi connectivity index (χ0n) is 16.8. The van der Waals surface area contributed by atoms with E-state index < -0.39 is 28.3 Å². The fraction of sp³-hybridized carbons (Fsp3) is 0.0909. The number of carbonyl (C=O) groups excluding carboxylic acids is 1. The van der Waals surface area contributed by atoms with Gasteiger partial charge in [-0.3, -0.25) is 9.10 Å². The van der Waals surface area contributed by atoms with E-state index in [9.17, 15) is 17.6 Å². The number of sulfonamides is 1. The number of hydrogen-bond donors (Lipinski definition) is 1. The van der Waals surface area contributed by atoms with Crippen molar-refractivity contribution in [3.05, 3.63) is 93.7 Å². The number of nitrogens with zero attached hydrogens (tertiary/aromatic N) is 2. The molecule has 3 aromatic carbocycles. The molecule has 0 unspecified atom stereocenters. The highest BCUT2D eigenvalue weighted by Gasteiger charge is 2.29. The summed E-state index contributed by atoms with van der Waals surface area (Å²) in [5.74, 6) is -1.55. The van der Waals surface area contributed by atoms with Crippen LogP contribution in [0.2, 0.25) is 10.0 Å². The lowest BCUT2D eigenvalue weighted by Gasteiger charge is -2.24. The molecule has 0 aliphatic carbocycles. The van der Waals surface area contributed by atoms with Crippen molar-refractivity contribution in [1.82, 2.24) is 5.43 Å². The number of amides is 1. The Balaban J connectivity index is 1.85. The van der Waals surface area contributed by atoms with Crippen LogP contribution in [0.25, 0.3) is 0 Å².